The Labute approximate surface area is 102 Å². The fraction of sp³-hybridized carbons (Fsp3) is 0.455. The molecule has 0 fully saturated rings. The van der Waals surface area contributed by atoms with Crippen LogP contribution >= 0.6 is 11.6 Å². The summed E-state index contributed by atoms with van der Waals surface area (Å²) in [4.78, 5) is 0. The van der Waals surface area contributed by atoms with Gasteiger partial charge < -0.3 is 0 Å². The zero-order chi connectivity index (χ0) is 12.3. The highest BCUT2D eigenvalue weighted by Gasteiger charge is 2.15. The Hall–Kier alpha value is -0.580. The van der Waals surface area contributed by atoms with Crippen molar-refractivity contribution >= 4 is 21.6 Å². The van der Waals surface area contributed by atoms with Crippen LogP contribution in [-0.4, -0.2) is 13.6 Å². The summed E-state index contributed by atoms with van der Waals surface area (Å²) < 4.78 is 25.2. The molecule has 3 nitrogen and oxygen atoms in total. The minimum absolute atomic E-state index is 0.260. The zero-order valence-corrected chi connectivity index (χ0v) is 11.2. The molecule has 0 amide bonds. The van der Waals surface area contributed by atoms with Gasteiger partial charge in [-0.2, -0.15) is 0 Å². The van der Waals surface area contributed by atoms with Crippen molar-refractivity contribution in [3.63, 3.8) is 0 Å². The molecule has 1 aromatic rings. The van der Waals surface area contributed by atoms with E-state index in [1.165, 1.54) is 0 Å². The number of nitrogens with one attached hydrogen (secondary N) is 1. The smallest absolute Gasteiger partial charge is 0.211 e. The topological polar surface area (TPSA) is 46.2 Å². The molecule has 0 aliphatic heterocycles. The third-order valence-corrected chi connectivity index (χ3v) is 4.25. The molecule has 0 radical (unpaired) electrons. The molecule has 0 heterocycles. The van der Waals surface area contributed by atoms with E-state index in [0.29, 0.717) is 0 Å². The predicted molar refractivity (Wildman–Crippen MR) is 67.1 cm³/mol. The molecule has 0 bridgehead atoms. The van der Waals surface area contributed by atoms with Crippen molar-refractivity contribution in [1.29, 1.82) is 0 Å². The van der Waals surface area contributed by atoms with Crippen molar-refractivity contribution in [2.75, 3.05) is 5.21 Å². The first-order valence-electron chi connectivity index (χ1n) is 4.99. The Morgan fingerprint density at radius 2 is 2.00 bits per heavy atom. The van der Waals surface area contributed by atoms with Gasteiger partial charge in [-0.3, -0.25) is 0 Å². The molecule has 1 unspecified atom stereocenters. The molecule has 1 aromatic carbocycles. The summed E-state index contributed by atoms with van der Waals surface area (Å²) in [5, 5.41) is -0.414. The number of alkyl halides is 1. The van der Waals surface area contributed by atoms with Gasteiger partial charge in [-0.1, -0.05) is 23.8 Å². The highest BCUT2D eigenvalue weighted by molar-refractivity contribution is 7.90. The van der Waals surface area contributed by atoms with Crippen LogP contribution in [-0.2, 0) is 10.0 Å². The maximum absolute atomic E-state index is 11.3. The van der Waals surface area contributed by atoms with E-state index in [1.54, 1.807) is 0 Å². The quantitative estimate of drug-likeness (QED) is 0.847. The predicted octanol–water partition coefficient (Wildman–Crippen LogP) is 2.48. The van der Waals surface area contributed by atoms with Gasteiger partial charge in [0.2, 0.25) is 10.0 Å². The number of rotatable bonds is 4. The van der Waals surface area contributed by atoms with Crippen LogP contribution in [0.2, 0.25) is 0 Å². The molecule has 90 valence electrons. The maximum Gasteiger partial charge on any atom is 0.226 e. The number of hydrogen-bond acceptors (Lipinski definition) is 2. The van der Waals surface area contributed by atoms with Crippen LogP contribution in [0.1, 0.15) is 29.7 Å². The van der Waals surface area contributed by atoms with Crippen molar-refractivity contribution in [1.82, 2.24) is 4.72 Å². The lowest BCUT2D eigenvalue weighted by Gasteiger charge is -2.16. The van der Waals surface area contributed by atoms with E-state index in [-0.39, 0.29) is 6.04 Å². The van der Waals surface area contributed by atoms with Crippen LogP contribution in [0.25, 0.3) is 0 Å². The lowest BCUT2D eigenvalue weighted by Crippen LogP contribution is -2.27. The Kier molecular flexibility index (Phi) is 4.35. The second kappa shape index (κ2) is 5.17. The van der Waals surface area contributed by atoms with Gasteiger partial charge in [-0.05, 0) is 31.9 Å². The number of sulfonamides is 1. The summed E-state index contributed by atoms with van der Waals surface area (Å²) in [5.41, 5.74) is 3.21. The summed E-state index contributed by atoms with van der Waals surface area (Å²) in [6.07, 6.45) is 0. The summed E-state index contributed by atoms with van der Waals surface area (Å²) in [7, 11) is -3.38. The summed E-state index contributed by atoms with van der Waals surface area (Å²) in [6, 6.07) is 5.67. The van der Waals surface area contributed by atoms with Gasteiger partial charge in [-0.15, -0.1) is 11.6 Å². The van der Waals surface area contributed by atoms with E-state index in [4.69, 9.17) is 11.6 Å². The molecule has 16 heavy (non-hydrogen) atoms. The van der Waals surface area contributed by atoms with Crippen LogP contribution in [0.15, 0.2) is 18.2 Å². The first kappa shape index (κ1) is 13.5. The second-order valence-corrected chi connectivity index (χ2v) is 6.26. The first-order valence-corrected chi connectivity index (χ1v) is 7.17. The van der Waals surface area contributed by atoms with Crippen molar-refractivity contribution in [3.05, 3.63) is 34.9 Å². The normalized spacial score (nSPS) is 13.8. The number of halogens is 1. The van der Waals surface area contributed by atoms with Crippen LogP contribution in [0.4, 0.5) is 0 Å². The van der Waals surface area contributed by atoms with Gasteiger partial charge in [0.05, 0.1) is 0 Å². The third-order valence-electron chi connectivity index (χ3n) is 2.39. The average Bonchev–Trinajstić information content (AvgIpc) is 2.16. The Balaban J connectivity index is 2.93. The molecule has 0 aliphatic carbocycles. The van der Waals surface area contributed by atoms with Crippen LogP contribution < -0.4 is 4.72 Å². The molecule has 0 aliphatic rings. The van der Waals surface area contributed by atoms with Crippen LogP contribution in [0.5, 0.6) is 0 Å². The Morgan fingerprint density at radius 3 is 2.50 bits per heavy atom. The van der Waals surface area contributed by atoms with Crippen molar-refractivity contribution in [2.24, 2.45) is 0 Å². The molecule has 0 spiro atoms. The molecule has 1 atom stereocenters. The molecular weight excluding hydrogens is 246 g/mol. The van der Waals surface area contributed by atoms with E-state index < -0.39 is 15.2 Å². The number of hydrogen-bond donors (Lipinski definition) is 1. The maximum atomic E-state index is 11.3. The van der Waals surface area contributed by atoms with Crippen molar-refractivity contribution in [2.45, 2.75) is 26.8 Å². The SMILES string of the molecule is Cc1ccc(C(C)NS(=O)(=O)CCl)c(C)c1. The van der Waals surface area contributed by atoms with E-state index >= 15 is 0 Å². The van der Waals surface area contributed by atoms with E-state index in [2.05, 4.69) is 4.72 Å². The van der Waals surface area contributed by atoms with E-state index in [1.807, 2.05) is 39.0 Å². The molecule has 5 heteroatoms. The molecule has 1 rings (SSSR count). The van der Waals surface area contributed by atoms with Gasteiger partial charge in [0.15, 0.2) is 0 Å². The minimum Gasteiger partial charge on any atom is -0.211 e. The zero-order valence-electron chi connectivity index (χ0n) is 9.62. The monoisotopic (exact) mass is 261 g/mol. The molecule has 0 aromatic heterocycles. The lowest BCUT2D eigenvalue weighted by atomic mass is 10.0. The summed E-state index contributed by atoms with van der Waals surface area (Å²) in [5.74, 6) is 0. The Morgan fingerprint density at radius 1 is 1.38 bits per heavy atom. The highest BCUT2D eigenvalue weighted by Crippen LogP contribution is 2.19. The van der Waals surface area contributed by atoms with Gasteiger partial charge in [0, 0.05) is 6.04 Å². The summed E-state index contributed by atoms with van der Waals surface area (Å²) in [6.45, 7) is 5.78. The van der Waals surface area contributed by atoms with E-state index in [9.17, 15) is 8.42 Å². The van der Waals surface area contributed by atoms with Crippen LogP contribution in [0.3, 0.4) is 0 Å². The standard InChI is InChI=1S/C11H16ClNO2S/c1-8-4-5-11(9(2)6-8)10(3)13-16(14,15)7-12/h4-6,10,13H,7H2,1-3H3. The van der Waals surface area contributed by atoms with Gasteiger partial charge in [-0.25, -0.2) is 13.1 Å². The first-order chi connectivity index (χ1) is 7.35. The minimum atomic E-state index is -3.38. The number of benzene rings is 1. The van der Waals surface area contributed by atoms with Crippen molar-refractivity contribution < 1.29 is 8.42 Å². The molecular formula is C11H16ClNO2S. The van der Waals surface area contributed by atoms with Gasteiger partial charge >= 0.3 is 0 Å². The largest absolute Gasteiger partial charge is 0.226 e. The second-order valence-electron chi connectivity index (χ2n) is 3.92. The average molecular weight is 262 g/mol. The van der Waals surface area contributed by atoms with Crippen LogP contribution in [0, 0.1) is 13.8 Å². The highest BCUT2D eigenvalue weighted by atomic mass is 35.5. The molecule has 0 saturated heterocycles. The fourth-order valence-electron chi connectivity index (χ4n) is 1.68. The van der Waals surface area contributed by atoms with Crippen molar-refractivity contribution in [3.8, 4) is 0 Å². The molecule has 1 N–H and O–H groups in total. The fourth-order valence-corrected chi connectivity index (χ4v) is 2.59. The number of aryl methyl sites for hydroxylation is 2. The summed E-state index contributed by atoms with van der Waals surface area (Å²) >= 11 is 5.34. The van der Waals surface area contributed by atoms with Gasteiger partial charge in [0.1, 0.15) is 5.21 Å². The third kappa shape index (κ3) is 3.47. The van der Waals surface area contributed by atoms with Gasteiger partial charge in [0.25, 0.3) is 0 Å². The molecule has 0 saturated carbocycles. The Bertz CT molecular complexity index is 471. The van der Waals surface area contributed by atoms with E-state index in [0.717, 1.165) is 16.7 Å². The lowest BCUT2D eigenvalue weighted by molar-refractivity contribution is 0.571.